The van der Waals surface area contributed by atoms with E-state index in [1.807, 2.05) is 0 Å². The van der Waals surface area contributed by atoms with E-state index in [4.69, 9.17) is 0 Å². The molecule has 0 unspecified atom stereocenters. The molecule has 2 aromatic carbocycles. The van der Waals surface area contributed by atoms with Gasteiger partial charge in [0, 0.05) is 17.7 Å². The number of nitrogens with zero attached hydrogens (tertiary/aromatic N) is 1. The summed E-state index contributed by atoms with van der Waals surface area (Å²) in [6, 6.07) is 11.7. The molecule has 1 aliphatic heterocycles. The molecular weight excluding hydrogens is 345 g/mol. The summed E-state index contributed by atoms with van der Waals surface area (Å²) in [5, 5.41) is 2.59. The van der Waals surface area contributed by atoms with Crippen molar-refractivity contribution in [2.45, 2.75) is 24.4 Å². The van der Waals surface area contributed by atoms with E-state index >= 15 is 0 Å². The van der Waals surface area contributed by atoms with Crippen molar-refractivity contribution in [2.24, 2.45) is 4.99 Å². The third-order valence-electron chi connectivity index (χ3n) is 3.78. The number of nitrogens with one attached hydrogen (secondary N) is 2. The first-order valence-electron chi connectivity index (χ1n) is 7.59. The van der Waals surface area contributed by atoms with Gasteiger partial charge in [0.1, 0.15) is 17.7 Å². The predicted octanol–water partition coefficient (Wildman–Crippen LogP) is 1.57. The van der Waals surface area contributed by atoms with Gasteiger partial charge in [0.2, 0.25) is 5.91 Å². The summed E-state index contributed by atoms with van der Waals surface area (Å²) >= 11 is 0. The number of aliphatic imine (C=N–C) groups is 1. The molecule has 0 radical (unpaired) electrons. The van der Waals surface area contributed by atoms with Gasteiger partial charge >= 0.3 is 0 Å². The Morgan fingerprint density at radius 2 is 1.88 bits per heavy atom. The molecule has 0 spiro atoms. The molecule has 0 saturated carbocycles. The van der Waals surface area contributed by atoms with Crippen LogP contribution in [0.1, 0.15) is 18.1 Å². The van der Waals surface area contributed by atoms with E-state index in [2.05, 4.69) is 15.0 Å². The first-order chi connectivity index (χ1) is 11.9. The maximum absolute atomic E-state index is 13.6. The highest BCUT2D eigenvalue weighted by Crippen LogP contribution is 2.22. The summed E-state index contributed by atoms with van der Waals surface area (Å²) in [4.78, 5) is 16.5. The normalized spacial score (nSPS) is 17.6. The molecule has 8 heteroatoms. The van der Waals surface area contributed by atoms with Crippen molar-refractivity contribution in [2.75, 3.05) is 0 Å². The van der Waals surface area contributed by atoms with Gasteiger partial charge in [-0.15, -0.1) is 0 Å². The monoisotopic (exact) mass is 361 g/mol. The molecule has 1 heterocycles. The van der Waals surface area contributed by atoms with E-state index < -0.39 is 27.8 Å². The van der Waals surface area contributed by atoms with Crippen LogP contribution in [0.15, 0.2) is 58.4 Å². The number of amides is 1. The Morgan fingerprint density at radius 3 is 2.64 bits per heavy atom. The SMILES string of the molecule is C[C@H](N=C1NS(=O)(=O)c2ccccc21)C(=O)NCc1ccccc1F. The fourth-order valence-electron chi connectivity index (χ4n) is 2.45. The van der Waals surface area contributed by atoms with Crippen molar-refractivity contribution in [1.82, 2.24) is 10.0 Å². The number of fused-ring (bicyclic) bond motifs is 1. The highest BCUT2D eigenvalue weighted by molar-refractivity contribution is 7.90. The zero-order valence-electron chi connectivity index (χ0n) is 13.4. The van der Waals surface area contributed by atoms with Crippen molar-refractivity contribution in [3.05, 3.63) is 65.5 Å². The zero-order chi connectivity index (χ0) is 18.0. The second kappa shape index (κ2) is 6.64. The number of hydrogen-bond acceptors (Lipinski definition) is 4. The maximum atomic E-state index is 13.6. The summed E-state index contributed by atoms with van der Waals surface area (Å²) in [6.07, 6.45) is 0. The Kier molecular flexibility index (Phi) is 4.54. The van der Waals surface area contributed by atoms with Crippen LogP contribution in [0.3, 0.4) is 0 Å². The Bertz CT molecular complexity index is 957. The lowest BCUT2D eigenvalue weighted by Crippen LogP contribution is -2.33. The van der Waals surface area contributed by atoms with Crippen molar-refractivity contribution < 1.29 is 17.6 Å². The number of rotatable bonds is 4. The van der Waals surface area contributed by atoms with Crippen molar-refractivity contribution in [3.8, 4) is 0 Å². The molecule has 0 fully saturated rings. The van der Waals surface area contributed by atoms with E-state index in [-0.39, 0.29) is 17.3 Å². The van der Waals surface area contributed by atoms with Gasteiger partial charge in [-0.25, -0.2) is 12.8 Å². The van der Waals surface area contributed by atoms with Crippen LogP contribution in [0.25, 0.3) is 0 Å². The smallest absolute Gasteiger partial charge is 0.263 e. The fraction of sp³-hybridized carbons (Fsp3) is 0.176. The number of amidine groups is 1. The van der Waals surface area contributed by atoms with Gasteiger partial charge in [0.15, 0.2) is 0 Å². The van der Waals surface area contributed by atoms with Gasteiger partial charge in [0.25, 0.3) is 10.0 Å². The fourth-order valence-corrected chi connectivity index (χ4v) is 3.69. The molecule has 2 aromatic rings. The lowest BCUT2D eigenvalue weighted by Gasteiger charge is -2.10. The standard InChI is InChI=1S/C17H16FN3O3S/c1-11(17(22)19-10-12-6-2-4-8-14(12)18)20-16-13-7-3-5-9-15(13)25(23,24)21-16/h2-9,11H,10H2,1H3,(H,19,22)(H,20,21)/t11-/m0/s1. The summed E-state index contributed by atoms with van der Waals surface area (Å²) in [7, 11) is -3.65. The number of sulfonamides is 1. The molecule has 1 aliphatic rings. The van der Waals surface area contributed by atoms with Crippen LogP contribution >= 0.6 is 0 Å². The molecule has 0 aliphatic carbocycles. The summed E-state index contributed by atoms with van der Waals surface area (Å²) in [5.74, 6) is -0.706. The minimum absolute atomic E-state index is 0.0308. The first kappa shape index (κ1) is 17.1. The molecule has 2 N–H and O–H groups in total. The van der Waals surface area contributed by atoms with E-state index in [1.165, 1.54) is 12.1 Å². The molecule has 0 aromatic heterocycles. The van der Waals surface area contributed by atoms with Crippen LogP contribution in [0.4, 0.5) is 4.39 Å². The third-order valence-corrected chi connectivity index (χ3v) is 5.17. The lowest BCUT2D eigenvalue weighted by atomic mass is 10.2. The van der Waals surface area contributed by atoms with Crippen molar-refractivity contribution in [3.63, 3.8) is 0 Å². The topological polar surface area (TPSA) is 87.6 Å². The molecule has 0 saturated heterocycles. The van der Waals surface area contributed by atoms with Crippen molar-refractivity contribution >= 4 is 21.8 Å². The Morgan fingerprint density at radius 1 is 1.20 bits per heavy atom. The van der Waals surface area contributed by atoms with Crippen LogP contribution in [-0.2, 0) is 21.4 Å². The summed E-state index contributed by atoms with van der Waals surface area (Å²) < 4.78 is 40.0. The second-order valence-corrected chi connectivity index (χ2v) is 7.22. The molecule has 6 nitrogen and oxygen atoms in total. The molecule has 3 rings (SSSR count). The number of hydrogen-bond donors (Lipinski definition) is 2. The largest absolute Gasteiger partial charge is 0.350 e. The van der Waals surface area contributed by atoms with Crippen LogP contribution in [0.2, 0.25) is 0 Å². The average Bonchev–Trinajstić information content (AvgIpc) is 2.85. The minimum atomic E-state index is -3.65. The van der Waals surface area contributed by atoms with E-state index in [9.17, 15) is 17.6 Å². The molecule has 1 atom stereocenters. The quantitative estimate of drug-likeness (QED) is 0.866. The van der Waals surface area contributed by atoms with E-state index in [0.717, 1.165) is 0 Å². The zero-order valence-corrected chi connectivity index (χ0v) is 14.2. The molecular formula is C17H16FN3O3S. The summed E-state index contributed by atoms with van der Waals surface area (Å²) in [6.45, 7) is 1.57. The maximum Gasteiger partial charge on any atom is 0.263 e. The molecule has 25 heavy (non-hydrogen) atoms. The summed E-state index contributed by atoms with van der Waals surface area (Å²) in [5.41, 5.74) is 0.791. The van der Waals surface area contributed by atoms with Gasteiger partial charge in [-0.05, 0) is 25.1 Å². The van der Waals surface area contributed by atoms with E-state index in [0.29, 0.717) is 11.1 Å². The number of carbonyl (C=O) groups excluding carboxylic acids is 1. The molecule has 0 bridgehead atoms. The minimum Gasteiger partial charge on any atom is -0.350 e. The number of halogens is 1. The van der Waals surface area contributed by atoms with Gasteiger partial charge in [-0.1, -0.05) is 30.3 Å². The van der Waals surface area contributed by atoms with E-state index in [1.54, 1.807) is 43.3 Å². The van der Waals surface area contributed by atoms with Crippen LogP contribution in [-0.4, -0.2) is 26.2 Å². The number of carbonyl (C=O) groups is 1. The molecule has 130 valence electrons. The Balaban J connectivity index is 1.74. The second-order valence-electron chi connectivity index (χ2n) is 5.56. The first-order valence-corrected chi connectivity index (χ1v) is 9.08. The van der Waals surface area contributed by atoms with Crippen molar-refractivity contribution in [1.29, 1.82) is 0 Å². The Labute approximate surface area is 144 Å². The number of benzene rings is 2. The average molecular weight is 361 g/mol. The predicted molar refractivity (Wildman–Crippen MR) is 91.0 cm³/mol. The van der Waals surface area contributed by atoms with Crippen LogP contribution in [0.5, 0.6) is 0 Å². The highest BCUT2D eigenvalue weighted by atomic mass is 32.2. The van der Waals surface area contributed by atoms with Gasteiger partial charge in [-0.2, -0.15) is 0 Å². The van der Waals surface area contributed by atoms with Gasteiger partial charge in [-0.3, -0.25) is 14.5 Å². The highest BCUT2D eigenvalue weighted by Gasteiger charge is 2.31. The van der Waals surface area contributed by atoms with Crippen LogP contribution < -0.4 is 10.0 Å². The molecule has 1 amide bonds. The third kappa shape index (κ3) is 3.53. The lowest BCUT2D eigenvalue weighted by molar-refractivity contribution is -0.122. The Hall–Kier alpha value is -2.74. The van der Waals surface area contributed by atoms with Gasteiger partial charge < -0.3 is 5.32 Å². The van der Waals surface area contributed by atoms with Gasteiger partial charge in [0.05, 0.1) is 4.90 Å². The van der Waals surface area contributed by atoms with Crippen LogP contribution in [0, 0.1) is 5.82 Å².